The number of sulfonamides is 1. The van der Waals surface area contributed by atoms with E-state index in [1.165, 1.54) is 25.7 Å². The Balaban J connectivity index is 1.89. The molecule has 0 spiro atoms. The third kappa shape index (κ3) is 4.71. The average molecular weight is 302 g/mol. The Hall–Kier alpha value is -0.130. The van der Waals surface area contributed by atoms with E-state index in [1.54, 1.807) is 4.31 Å². The van der Waals surface area contributed by atoms with Crippen LogP contribution in [0.1, 0.15) is 51.9 Å². The molecule has 2 rings (SSSR count). The van der Waals surface area contributed by atoms with Crippen LogP contribution in [-0.4, -0.2) is 44.7 Å². The molecule has 1 atom stereocenters. The summed E-state index contributed by atoms with van der Waals surface area (Å²) < 4.78 is 27.0. The fourth-order valence-corrected chi connectivity index (χ4v) is 5.54. The van der Waals surface area contributed by atoms with Crippen molar-refractivity contribution in [2.75, 3.05) is 31.9 Å². The summed E-state index contributed by atoms with van der Waals surface area (Å²) in [5.74, 6) is 1.26. The first-order valence-corrected chi connectivity index (χ1v) is 9.91. The van der Waals surface area contributed by atoms with Crippen LogP contribution in [-0.2, 0) is 10.0 Å². The van der Waals surface area contributed by atoms with Crippen LogP contribution in [0.3, 0.4) is 0 Å². The first-order chi connectivity index (χ1) is 9.62. The van der Waals surface area contributed by atoms with Gasteiger partial charge in [0, 0.05) is 13.1 Å². The van der Waals surface area contributed by atoms with E-state index in [9.17, 15) is 8.42 Å². The Labute approximate surface area is 124 Å². The van der Waals surface area contributed by atoms with Crippen LogP contribution in [0.25, 0.3) is 0 Å². The fraction of sp³-hybridized carbons (Fsp3) is 1.00. The fourth-order valence-electron chi connectivity index (χ4n) is 3.56. The van der Waals surface area contributed by atoms with Gasteiger partial charge in [-0.2, -0.15) is 0 Å². The zero-order chi connectivity index (χ0) is 14.4. The highest BCUT2D eigenvalue weighted by atomic mass is 32.2. The molecule has 1 saturated heterocycles. The van der Waals surface area contributed by atoms with E-state index in [4.69, 9.17) is 0 Å². The van der Waals surface area contributed by atoms with Gasteiger partial charge in [-0.15, -0.1) is 0 Å². The zero-order valence-corrected chi connectivity index (χ0v) is 13.6. The Morgan fingerprint density at radius 3 is 2.35 bits per heavy atom. The van der Waals surface area contributed by atoms with E-state index < -0.39 is 10.0 Å². The molecule has 0 aromatic rings. The second kappa shape index (κ2) is 7.76. The molecule has 1 saturated carbocycles. The van der Waals surface area contributed by atoms with Gasteiger partial charge in [-0.25, -0.2) is 12.7 Å². The van der Waals surface area contributed by atoms with Gasteiger partial charge in [0.15, 0.2) is 0 Å². The maximum absolute atomic E-state index is 12.6. The average Bonchev–Trinajstić information content (AvgIpc) is 2.46. The maximum atomic E-state index is 12.6. The molecule has 2 aliphatic rings. The summed E-state index contributed by atoms with van der Waals surface area (Å²) in [6, 6.07) is 0. The predicted octanol–water partition coefficient (Wildman–Crippen LogP) is 2.22. The first-order valence-electron chi connectivity index (χ1n) is 8.30. The molecule has 5 heteroatoms. The Morgan fingerprint density at radius 1 is 1.05 bits per heavy atom. The molecule has 0 amide bonds. The van der Waals surface area contributed by atoms with Crippen molar-refractivity contribution in [2.45, 2.75) is 51.9 Å². The third-order valence-electron chi connectivity index (χ3n) is 4.78. The minimum atomic E-state index is -3.07. The minimum absolute atomic E-state index is 0.376. The van der Waals surface area contributed by atoms with E-state index in [0.717, 1.165) is 32.4 Å². The van der Waals surface area contributed by atoms with Crippen LogP contribution >= 0.6 is 0 Å². The van der Waals surface area contributed by atoms with Crippen LogP contribution in [0.15, 0.2) is 0 Å². The molecule has 20 heavy (non-hydrogen) atoms. The highest BCUT2D eigenvalue weighted by molar-refractivity contribution is 7.89. The van der Waals surface area contributed by atoms with E-state index in [0.29, 0.717) is 30.7 Å². The summed E-state index contributed by atoms with van der Waals surface area (Å²) in [6.07, 6.45) is 8.22. The second-order valence-corrected chi connectivity index (χ2v) is 8.46. The van der Waals surface area contributed by atoms with E-state index in [2.05, 4.69) is 5.32 Å². The van der Waals surface area contributed by atoms with E-state index in [-0.39, 0.29) is 0 Å². The number of nitrogens with zero attached hydrogens (tertiary/aromatic N) is 1. The Morgan fingerprint density at radius 2 is 1.75 bits per heavy atom. The number of hydrogen-bond acceptors (Lipinski definition) is 3. The lowest BCUT2D eigenvalue weighted by atomic mass is 9.91. The summed E-state index contributed by atoms with van der Waals surface area (Å²) >= 11 is 0. The van der Waals surface area contributed by atoms with Crippen molar-refractivity contribution in [1.29, 1.82) is 0 Å². The number of rotatable bonds is 6. The van der Waals surface area contributed by atoms with Gasteiger partial charge in [0.25, 0.3) is 0 Å². The lowest BCUT2D eigenvalue weighted by Gasteiger charge is -2.30. The van der Waals surface area contributed by atoms with E-state index in [1.807, 2.05) is 6.92 Å². The van der Waals surface area contributed by atoms with Gasteiger partial charge in [-0.1, -0.05) is 26.2 Å². The summed E-state index contributed by atoms with van der Waals surface area (Å²) in [6.45, 7) is 5.34. The van der Waals surface area contributed by atoms with E-state index >= 15 is 0 Å². The van der Waals surface area contributed by atoms with Gasteiger partial charge in [0.1, 0.15) is 0 Å². The lowest BCUT2D eigenvalue weighted by Crippen LogP contribution is -2.42. The second-order valence-electron chi connectivity index (χ2n) is 6.45. The van der Waals surface area contributed by atoms with Gasteiger partial charge in [-0.05, 0) is 50.6 Å². The van der Waals surface area contributed by atoms with Gasteiger partial charge < -0.3 is 5.32 Å². The van der Waals surface area contributed by atoms with Gasteiger partial charge in [-0.3, -0.25) is 0 Å². The quantitative estimate of drug-likeness (QED) is 0.818. The molecule has 1 aliphatic heterocycles. The monoisotopic (exact) mass is 302 g/mol. The third-order valence-corrected chi connectivity index (χ3v) is 6.86. The number of piperidine rings is 1. The number of hydrogen-bond donors (Lipinski definition) is 1. The SMILES string of the molecule is CCN(CC1CCCNC1)S(=O)(=O)CC1CCCCC1. The molecule has 0 aromatic heterocycles. The normalized spacial score (nSPS) is 26.0. The molecule has 2 fully saturated rings. The molecule has 0 aromatic carbocycles. The van der Waals surface area contributed by atoms with Crippen LogP contribution < -0.4 is 5.32 Å². The Bertz CT molecular complexity index is 371. The topological polar surface area (TPSA) is 49.4 Å². The van der Waals surface area contributed by atoms with Crippen molar-refractivity contribution in [1.82, 2.24) is 9.62 Å². The summed E-state index contributed by atoms with van der Waals surface area (Å²) in [7, 11) is -3.07. The van der Waals surface area contributed by atoms with Crippen molar-refractivity contribution in [3.63, 3.8) is 0 Å². The van der Waals surface area contributed by atoms with Gasteiger partial charge in [0.05, 0.1) is 5.75 Å². The molecule has 118 valence electrons. The summed E-state index contributed by atoms with van der Waals surface area (Å²) in [4.78, 5) is 0. The van der Waals surface area contributed by atoms with Crippen molar-refractivity contribution in [2.24, 2.45) is 11.8 Å². The predicted molar refractivity (Wildman–Crippen MR) is 83.2 cm³/mol. The van der Waals surface area contributed by atoms with Crippen molar-refractivity contribution < 1.29 is 8.42 Å². The molecule has 1 unspecified atom stereocenters. The highest BCUT2D eigenvalue weighted by Gasteiger charge is 2.28. The molecular weight excluding hydrogens is 272 g/mol. The number of nitrogens with one attached hydrogen (secondary N) is 1. The molecule has 1 aliphatic carbocycles. The standard InChI is InChI=1S/C15H30N2O2S/c1-2-17(12-15-9-6-10-16-11-15)20(18,19)13-14-7-4-3-5-8-14/h14-16H,2-13H2,1H3. The smallest absolute Gasteiger partial charge is 0.214 e. The largest absolute Gasteiger partial charge is 0.316 e. The molecule has 1 heterocycles. The molecule has 0 radical (unpaired) electrons. The summed E-state index contributed by atoms with van der Waals surface area (Å²) in [5, 5.41) is 3.38. The molecule has 0 bridgehead atoms. The van der Waals surface area contributed by atoms with Gasteiger partial charge >= 0.3 is 0 Å². The van der Waals surface area contributed by atoms with Crippen LogP contribution in [0.4, 0.5) is 0 Å². The van der Waals surface area contributed by atoms with Crippen molar-refractivity contribution >= 4 is 10.0 Å². The Kier molecular flexibility index (Phi) is 6.30. The summed E-state index contributed by atoms with van der Waals surface area (Å²) in [5.41, 5.74) is 0. The first kappa shape index (κ1) is 16.2. The minimum Gasteiger partial charge on any atom is -0.316 e. The van der Waals surface area contributed by atoms with Crippen LogP contribution in [0.5, 0.6) is 0 Å². The van der Waals surface area contributed by atoms with Crippen molar-refractivity contribution in [3.05, 3.63) is 0 Å². The maximum Gasteiger partial charge on any atom is 0.214 e. The van der Waals surface area contributed by atoms with Crippen LogP contribution in [0, 0.1) is 11.8 Å². The zero-order valence-electron chi connectivity index (χ0n) is 12.8. The van der Waals surface area contributed by atoms with Crippen LogP contribution in [0.2, 0.25) is 0 Å². The van der Waals surface area contributed by atoms with Gasteiger partial charge in [0.2, 0.25) is 10.0 Å². The van der Waals surface area contributed by atoms with Crippen molar-refractivity contribution in [3.8, 4) is 0 Å². The lowest BCUT2D eigenvalue weighted by molar-refractivity contribution is 0.294. The highest BCUT2D eigenvalue weighted by Crippen LogP contribution is 2.26. The molecule has 1 N–H and O–H groups in total. The molecule has 4 nitrogen and oxygen atoms in total. The molecular formula is C15H30N2O2S.